The predicted molar refractivity (Wildman–Crippen MR) is 113 cm³/mol. The summed E-state index contributed by atoms with van der Waals surface area (Å²) in [6.07, 6.45) is 3.56. The van der Waals surface area contributed by atoms with Crippen molar-refractivity contribution >= 4 is 11.5 Å². The minimum Gasteiger partial charge on any atom is -0.367 e. The molecule has 4 nitrogen and oxygen atoms in total. The van der Waals surface area contributed by atoms with Crippen LogP contribution in [0, 0.1) is 5.82 Å². The number of piperidine rings is 1. The van der Waals surface area contributed by atoms with Crippen LogP contribution in [0.2, 0.25) is 0 Å². The van der Waals surface area contributed by atoms with E-state index in [0.29, 0.717) is 23.9 Å². The SMILES string of the molecule is NC1CCN2c3c1cccc3[C@@H]1CN(CCCC(=O)c3ccc(F)cc3)CC[C@@H]12. The molecule has 0 aromatic heterocycles. The Balaban J connectivity index is 1.22. The molecule has 3 heterocycles. The fraction of sp³-hybridized carbons (Fsp3) is 0.458. The average molecular weight is 394 g/mol. The van der Waals surface area contributed by atoms with Gasteiger partial charge in [-0.3, -0.25) is 4.79 Å². The van der Waals surface area contributed by atoms with E-state index in [4.69, 9.17) is 5.73 Å². The molecule has 0 radical (unpaired) electrons. The highest BCUT2D eigenvalue weighted by Gasteiger charge is 2.44. The van der Waals surface area contributed by atoms with E-state index in [1.807, 2.05) is 0 Å². The molecule has 5 heteroatoms. The first kappa shape index (κ1) is 18.8. The average Bonchev–Trinajstić information content (AvgIpc) is 3.06. The van der Waals surface area contributed by atoms with Gasteiger partial charge in [-0.05, 0) is 61.2 Å². The van der Waals surface area contributed by atoms with Crippen LogP contribution in [0.3, 0.4) is 0 Å². The van der Waals surface area contributed by atoms with E-state index in [1.165, 1.54) is 35.4 Å². The molecule has 3 aliphatic rings. The molecule has 0 saturated carbocycles. The minimum atomic E-state index is -0.302. The number of para-hydroxylation sites is 1. The summed E-state index contributed by atoms with van der Waals surface area (Å²) in [5.41, 5.74) is 11.2. The van der Waals surface area contributed by atoms with E-state index in [9.17, 15) is 9.18 Å². The fourth-order valence-corrected chi connectivity index (χ4v) is 5.52. The van der Waals surface area contributed by atoms with Gasteiger partial charge < -0.3 is 15.5 Å². The van der Waals surface area contributed by atoms with Crippen molar-refractivity contribution < 1.29 is 9.18 Å². The normalized spacial score (nSPS) is 25.6. The maximum absolute atomic E-state index is 13.0. The molecule has 1 unspecified atom stereocenters. The number of fused-ring (bicyclic) bond motifs is 3. The number of benzene rings is 2. The van der Waals surface area contributed by atoms with E-state index in [1.54, 1.807) is 12.1 Å². The molecule has 29 heavy (non-hydrogen) atoms. The highest BCUT2D eigenvalue weighted by Crippen LogP contribution is 2.49. The lowest BCUT2D eigenvalue weighted by Gasteiger charge is -2.40. The van der Waals surface area contributed by atoms with E-state index in [2.05, 4.69) is 28.0 Å². The molecule has 0 amide bonds. The monoisotopic (exact) mass is 393 g/mol. The number of hydrogen-bond donors (Lipinski definition) is 1. The Hall–Kier alpha value is -2.24. The second-order valence-electron chi connectivity index (χ2n) is 8.67. The summed E-state index contributed by atoms with van der Waals surface area (Å²) in [7, 11) is 0. The van der Waals surface area contributed by atoms with Crippen LogP contribution in [0.15, 0.2) is 42.5 Å². The molecular formula is C24H28FN3O. The first-order valence-corrected chi connectivity index (χ1v) is 10.8. The molecule has 0 spiro atoms. The quantitative estimate of drug-likeness (QED) is 0.784. The number of carbonyl (C=O) groups is 1. The van der Waals surface area contributed by atoms with Crippen molar-refractivity contribution in [3.8, 4) is 0 Å². The zero-order valence-corrected chi connectivity index (χ0v) is 16.7. The number of likely N-dealkylation sites (tertiary alicyclic amines) is 1. The standard InChI is InChI=1S/C24H28FN3O/c25-17-8-6-16(7-9-17)23(29)5-2-12-27-13-11-22-20(15-27)18-3-1-4-19-21(26)10-14-28(22)24(18)19/h1,3-4,6-9,20-22H,2,5,10-15,26H2/t20-,21?,22-/m0/s1. The van der Waals surface area contributed by atoms with Gasteiger partial charge in [-0.25, -0.2) is 4.39 Å². The number of carbonyl (C=O) groups excluding carboxylic acids is 1. The zero-order chi connectivity index (χ0) is 20.0. The first-order chi connectivity index (χ1) is 14.1. The Bertz CT molecular complexity index is 913. The van der Waals surface area contributed by atoms with Crippen LogP contribution in [0.4, 0.5) is 10.1 Å². The van der Waals surface area contributed by atoms with Crippen LogP contribution in [-0.2, 0) is 0 Å². The van der Waals surface area contributed by atoms with Gasteiger partial charge in [0.25, 0.3) is 0 Å². The van der Waals surface area contributed by atoms with Crippen molar-refractivity contribution in [3.05, 3.63) is 65.0 Å². The fourth-order valence-electron chi connectivity index (χ4n) is 5.52. The Labute approximate surface area is 171 Å². The largest absolute Gasteiger partial charge is 0.367 e. The van der Waals surface area contributed by atoms with Gasteiger partial charge in [0.2, 0.25) is 0 Å². The topological polar surface area (TPSA) is 49.6 Å². The predicted octanol–water partition coefficient (Wildman–Crippen LogP) is 3.87. The summed E-state index contributed by atoms with van der Waals surface area (Å²) >= 11 is 0. The van der Waals surface area contributed by atoms with E-state index in [0.717, 1.165) is 39.0 Å². The highest BCUT2D eigenvalue weighted by atomic mass is 19.1. The summed E-state index contributed by atoms with van der Waals surface area (Å²) in [6, 6.07) is 13.3. The van der Waals surface area contributed by atoms with Crippen molar-refractivity contribution in [2.24, 2.45) is 5.73 Å². The van der Waals surface area contributed by atoms with Gasteiger partial charge in [-0.1, -0.05) is 18.2 Å². The van der Waals surface area contributed by atoms with Crippen LogP contribution < -0.4 is 10.6 Å². The maximum Gasteiger partial charge on any atom is 0.162 e. The van der Waals surface area contributed by atoms with Gasteiger partial charge in [0.15, 0.2) is 5.78 Å². The van der Waals surface area contributed by atoms with E-state index in [-0.39, 0.29) is 17.6 Å². The minimum absolute atomic E-state index is 0.0989. The van der Waals surface area contributed by atoms with Crippen LogP contribution in [0.5, 0.6) is 0 Å². The molecule has 0 aliphatic carbocycles. The second kappa shape index (κ2) is 7.54. The van der Waals surface area contributed by atoms with Gasteiger partial charge in [0.1, 0.15) is 5.82 Å². The molecule has 1 fully saturated rings. The van der Waals surface area contributed by atoms with Gasteiger partial charge in [-0.2, -0.15) is 0 Å². The number of nitrogens with two attached hydrogens (primary N) is 1. The number of anilines is 1. The molecule has 3 atom stereocenters. The van der Waals surface area contributed by atoms with Crippen LogP contribution in [-0.4, -0.2) is 42.9 Å². The number of nitrogens with zero attached hydrogens (tertiary/aromatic N) is 2. The number of hydrogen-bond acceptors (Lipinski definition) is 4. The zero-order valence-electron chi connectivity index (χ0n) is 16.7. The molecule has 2 N–H and O–H groups in total. The number of Topliss-reactive ketones (excluding diaryl/α,β-unsaturated/α-hetero) is 1. The molecule has 2 aromatic rings. The van der Waals surface area contributed by atoms with E-state index < -0.39 is 0 Å². The molecule has 5 rings (SSSR count). The van der Waals surface area contributed by atoms with Crippen molar-refractivity contribution in [1.82, 2.24) is 4.90 Å². The molecule has 1 saturated heterocycles. The van der Waals surface area contributed by atoms with Crippen LogP contribution >= 0.6 is 0 Å². The van der Waals surface area contributed by atoms with Crippen molar-refractivity contribution in [3.63, 3.8) is 0 Å². The lowest BCUT2D eigenvalue weighted by atomic mass is 9.88. The van der Waals surface area contributed by atoms with Crippen LogP contribution in [0.1, 0.15) is 59.1 Å². The highest BCUT2D eigenvalue weighted by molar-refractivity contribution is 5.95. The molecule has 0 bridgehead atoms. The van der Waals surface area contributed by atoms with Gasteiger partial charge in [-0.15, -0.1) is 0 Å². The third-order valence-corrected chi connectivity index (χ3v) is 6.97. The van der Waals surface area contributed by atoms with Gasteiger partial charge in [0.05, 0.1) is 0 Å². The van der Waals surface area contributed by atoms with Crippen molar-refractivity contribution in [1.29, 1.82) is 0 Å². The Morgan fingerprint density at radius 3 is 2.69 bits per heavy atom. The lowest BCUT2D eigenvalue weighted by molar-refractivity contribution is 0.0971. The lowest BCUT2D eigenvalue weighted by Crippen LogP contribution is -2.47. The van der Waals surface area contributed by atoms with Crippen molar-refractivity contribution in [2.75, 3.05) is 31.1 Å². The third-order valence-electron chi connectivity index (χ3n) is 6.97. The summed E-state index contributed by atoms with van der Waals surface area (Å²) in [5.74, 6) is 0.335. The molecular weight excluding hydrogens is 365 g/mol. The number of ketones is 1. The summed E-state index contributed by atoms with van der Waals surface area (Å²) in [5, 5.41) is 0. The Morgan fingerprint density at radius 1 is 1.07 bits per heavy atom. The summed E-state index contributed by atoms with van der Waals surface area (Å²) in [4.78, 5) is 17.5. The molecule has 3 aliphatic heterocycles. The third kappa shape index (κ3) is 3.36. The van der Waals surface area contributed by atoms with Crippen LogP contribution in [0.25, 0.3) is 0 Å². The number of rotatable bonds is 5. The second-order valence-corrected chi connectivity index (χ2v) is 8.67. The molecule has 2 aromatic carbocycles. The maximum atomic E-state index is 13.0. The van der Waals surface area contributed by atoms with Crippen molar-refractivity contribution in [2.45, 2.75) is 43.7 Å². The summed E-state index contributed by atoms with van der Waals surface area (Å²) < 4.78 is 13.0. The molecule has 152 valence electrons. The van der Waals surface area contributed by atoms with Gasteiger partial charge >= 0.3 is 0 Å². The summed E-state index contributed by atoms with van der Waals surface area (Å²) in [6.45, 7) is 4.14. The van der Waals surface area contributed by atoms with E-state index >= 15 is 0 Å². The Morgan fingerprint density at radius 2 is 1.86 bits per heavy atom. The smallest absolute Gasteiger partial charge is 0.162 e. The Kier molecular flexibility index (Phi) is 4.88. The number of halogens is 1. The van der Waals surface area contributed by atoms with Gasteiger partial charge in [0, 0.05) is 55.3 Å². The first-order valence-electron chi connectivity index (χ1n) is 10.8.